The molecule has 0 fully saturated rings. The van der Waals surface area contributed by atoms with Crippen LogP contribution in [0.1, 0.15) is 17.2 Å². The predicted octanol–water partition coefficient (Wildman–Crippen LogP) is 4.25. The molecule has 6 nitrogen and oxygen atoms in total. The van der Waals surface area contributed by atoms with Crippen LogP contribution in [-0.2, 0) is 9.59 Å². The summed E-state index contributed by atoms with van der Waals surface area (Å²) in [6.45, 7) is 2.03. The van der Waals surface area contributed by atoms with Crippen molar-refractivity contribution in [2.75, 3.05) is 31.3 Å². The third kappa shape index (κ3) is 6.17. The lowest BCUT2D eigenvalue weighted by Gasteiger charge is -2.27. The van der Waals surface area contributed by atoms with Crippen LogP contribution in [0, 0.1) is 6.92 Å². The van der Waals surface area contributed by atoms with Gasteiger partial charge in [0.1, 0.15) is 11.8 Å². The molecule has 0 bridgehead atoms. The molecule has 0 radical (unpaired) electrons. The maximum atomic E-state index is 13.2. The Kier molecular flexibility index (Phi) is 7.40. The van der Waals surface area contributed by atoms with Crippen molar-refractivity contribution in [3.63, 3.8) is 0 Å². The van der Waals surface area contributed by atoms with Gasteiger partial charge in [0.15, 0.2) is 0 Å². The zero-order valence-corrected chi connectivity index (χ0v) is 18.0. The highest BCUT2D eigenvalue weighted by Gasteiger charge is 2.26. The first-order chi connectivity index (χ1) is 15.0. The molecule has 3 rings (SSSR count). The Hall–Kier alpha value is -3.64. The minimum absolute atomic E-state index is 0.0398. The average molecular weight is 418 g/mol. The van der Waals surface area contributed by atoms with Crippen LogP contribution in [0.25, 0.3) is 0 Å². The number of nitrogens with one attached hydrogen (secondary N) is 2. The third-order valence-corrected chi connectivity index (χ3v) is 4.87. The number of hydrogen-bond donors (Lipinski definition) is 2. The number of methoxy groups -OCH3 is 1. The monoisotopic (exact) mass is 417 g/mol. The van der Waals surface area contributed by atoms with Crippen LogP contribution in [0.5, 0.6) is 5.75 Å². The molecule has 1 unspecified atom stereocenters. The fraction of sp³-hybridized carbons (Fsp3) is 0.200. The Balaban J connectivity index is 1.74. The van der Waals surface area contributed by atoms with E-state index in [2.05, 4.69) is 10.6 Å². The minimum Gasteiger partial charge on any atom is -0.497 e. The third-order valence-electron chi connectivity index (χ3n) is 4.87. The molecule has 0 saturated heterocycles. The van der Waals surface area contributed by atoms with Crippen molar-refractivity contribution in [1.29, 1.82) is 0 Å². The van der Waals surface area contributed by atoms with Gasteiger partial charge in [0.2, 0.25) is 11.8 Å². The van der Waals surface area contributed by atoms with Gasteiger partial charge in [-0.1, -0.05) is 54.1 Å². The molecular formula is C25H27N3O3. The number of carbonyl (C=O) groups is 2. The quantitative estimate of drug-likeness (QED) is 0.575. The lowest BCUT2D eigenvalue weighted by atomic mass is 10.0. The van der Waals surface area contributed by atoms with Crippen LogP contribution in [0.4, 0.5) is 11.4 Å². The molecule has 0 saturated carbocycles. The molecule has 2 amide bonds. The maximum Gasteiger partial charge on any atom is 0.246 e. The van der Waals surface area contributed by atoms with Crippen molar-refractivity contribution in [1.82, 2.24) is 4.90 Å². The summed E-state index contributed by atoms with van der Waals surface area (Å²) in [5, 5.41) is 5.81. The minimum atomic E-state index is -0.626. The number of amides is 2. The van der Waals surface area contributed by atoms with E-state index in [9.17, 15) is 9.59 Å². The summed E-state index contributed by atoms with van der Waals surface area (Å²) in [7, 11) is 3.34. The number of rotatable bonds is 8. The van der Waals surface area contributed by atoms with Crippen LogP contribution in [0.2, 0.25) is 0 Å². The lowest BCUT2D eigenvalue weighted by molar-refractivity contribution is -0.123. The molecule has 0 aliphatic heterocycles. The number of carbonyl (C=O) groups excluding carboxylic acids is 2. The SMILES string of the molecule is COc1cccc(NC(=O)CN(C)C(C(=O)Nc2ccc(C)cc2)c2ccccc2)c1. The summed E-state index contributed by atoms with van der Waals surface area (Å²) >= 11 is 0. The van der Waals surface area contributed by atoms with Crippen molar-refractivity contribution in [3.8, 4) is 5.75 Å². The van der Waals surface area contributed by atoms with E-state index >= 15 is 0 Å². The zero-order valence-electron chi connectivity index (χ0n) is 18.0. The molecule has 1 atom stereocenters. The molecule has 2 N–H and O–H groups in total. The Labute approximate surface area is 182 Å². The second-order valence-corrected chi connectivity index (χ2v) is 7.36. The van der Waals surface area contributed by atoms with Gasteiger partial charge in [-0.3, -0.25) is 14.5 Å². The molecule has 3 aromatic rings. The highest BCUT2D eigenvalue weighted by Crippen LogP contribution is 2.22. The zero-order chi connectivity index (χ0) is 22.2. The fourth-order valence-corrected chi connectivity index (χ4v) is 3.31. The number of hydrogen-bond acceptors (Lipinski definition) is 4. The summed E-state index contributed by atoms with van der Waals surface area (Å²) in [6.07, 6.45) is 0. The first-order valence-electron chi connectivity index (χ1n) is 10.0. The summed E-state index contributed by atoms with van der Waals surface area (Å²) in [5.74, 6) is 0.234. The summed E-state index contributed by atoms with van der Waals surface area (Å²) in [5.41, 5.74) is 3.27. The predicted molar refractivity (Wildman–Crippen MR) is 123 cm³/mol. The van der Waals surface area contributed by atoms with E-state index in [-0.39, 0.29) is 18.4 Å². The van der Waals surface area contributed by atoms with Crippen molar-refractivity contribution < 1.29 is 14.3 Å². The first kappa shape index (κ1) is 22.1. The molecule has 0 spiro atoms. The van der Waals surface area contributed by atoms with Crippen molar-refractivity contribution in [2.24, 2.45) is 0 Å². The molecule has 0 aliphatic rings. The molecule has 31 heavy (non-hydrogen) atoms. The van der Waals surface area contributed by atoms with Gasteiger partial charge in [-0.25, -0.2) is 0 Å². The Morgan fingerprint density at radius 2 is 1.61 bits per heavy atom. The van der Waals surface area contributed by atoms with Gasteiger partial charge in [-0.2, -0.15) is 0 Å². The van der Waals surface area contributed by atoms with E-state index in [1.165, 1.54) is 0 Å². The van der Waals surface area contributed by atoms with Gasteiger partial charge in [-0.05, 0) is 43.8 Å². The van der Waals surface area contributed by atoms with E-state index in [4.69, 9.17) is 4.74 Å². The van der Waals surface area contributed by atoms with Crippen molar-refractivity contribution in [3.05, 3.63) is 90.0 Å². The fourth-order valence-electron chi connectivity index (χ4n) is 3.31. The average Bonchev–Trinajstić information content (AvgIpc) is 2.76. The van der Waals surface area contributed by atoms with Crippen LogP contribution in [0.15, 0.2) is 78.9 Å². The maximum absolute atomic E-state index is 13.2. The summed E-state index contributed by atoms with van der Waals surface area (Å²) in [4.78, 5) is 27.5. The molecular weight excluding hydrogens is 390 g/mol. The van der Waals surface area contributed by atoms with E-state index in [1.54, 1.807) is 37.3 Å². The molecule has 0 aliphatic carbocycles. The van der Waals surface area contributed by atoms with Gasteiger partial charge in [0.25, 0.3) is 0 Å². The number of anilines is 2. The number of ether oxygens (including phenoxy) is 1. The molecule has 160 valence electrons. The van der Waals surface area contributed by atoms with Gasteiger partial charge in [0, 0.05) is 17.4 Å². The molecule has 0 heterocycles. The number of likely N-dealkylation sites (N-methyl/N-ethyl adjacent to an activating group) is 1. The smallest absolute Gasteiger partial charge is 0.246 e. The molecule has 0 aromatic heterocycles. The van der Waals surface area contributed by atoms with Gasteiger partial charge in [0.05, 0.1) is 13.7 Å². The first-order valence-corrected chi connectivity index (χ1v) is 10.0. The summed E-state index contributed by atoms with van der Waals surface area (Å²) < 4.78 is 5.19. The Bertz CT molecular complexity index is 1020. The topological polar surface area (TPSA) is 70.7 Å². The van der Waals surface area contributed by atoms with E-state index in [0.717, 1.165) is 11.1 Å². The van der Waals surface area contributed by atoms with Gasteiger partial charge < -0.3 is 15.4 Å². The number of benzene rings is 3. The standard InChI is InChI=1S/C25H27N3O3/c1-18-12-14-20(15-13-18)27-25(30)24(19-8-5-4-6-9-19)28(2)17-23(29)26-21-10-7-11-22(16-21)31-3/h4-16,24H,17H2,1-3H3,(H,26,29)(H,27,30). The normalized spacial score (nSPS) is 11.6. The second-order valence-electron chi connectivity index (χ2n) is 7.36. The number of nitrogens with zero attached hydrogens (tertiary/aromatic N) is 1. The Morgan fingerprint density at radius 1 is 0.903 bits per heavy atom. The van der Waals surface area contributed by atoms with Gasteiger partial charge >= 0.3 is 0 Å². The van der Waals surface area contributed by atoms with E-state index in [1.807, 2.05) is 67.6 Å². The molecule has 3 aromatic carbocycles. The second kappa shape index (κ2) is 10.4. The van der Waals surface area contributed by atoms with E-state index in [0.29, 0.717) is 17.1 Å². The van der Waals surface area contributed by atoms with Crippen molar-refractivity contribution >= 4 is 23.2 Å². The molecule has 6 heteroatoms. The van der Waals surface area contributed by atoms with Crippen LogP contribution < -0.4 is 15.4 Å². The lowest BCUT2D eigenvalue weighted by Crippen LogP contribution is -2.39. The Morgan fingerprint density at radius 3 is 2.29 bits per heavy atom. The van der Waals surface area contributed by atoms with Crippen molar-refractivity contribution in [2.45, 2.75) is 13.0 Å². The van der Waals surface area contributed by atoms with Crippen LogP contribution >= 0.6 is 0 Å². The van der Waals surface area contributed by atoms with E-state index < -0.39 is 6.04 Å². The highest BCUT2D eigenvalue weighted by molar-refractivity contribution is 5.97. The van der Waals surface area contributed by atoms with Gasteiger partial charge in [-0.15, -0.1) is 0 Å². The van der Waals surface area contributed by atoms with Crippen LogP contribution in [0.3, 0.4) is 0 Å². The summed E-state index contributed by atoms with van der Waals surface area (Å²) in [6, 6.07) is 23.6. The highest BCUT2D eigenvalue weighted by atomic mass is 16.5. The van der Waals surface area contributed by atoms with Crippen LogP contribution in [-0.4, -0.2) is 37.4 Å². The largest absolute Gasteiger partial charge is 0.497 e. The number of aryl methyl sites for hydroxylation is 1.